The first-order valence-electron chi connectivity index (χ1n) is 12.6. The van der Waals surface area contributed by atoms with E-state index in [1.165, 1.54) is 5.56 Å². The van der Waals surface area contributed by atoms with E-state index in [0.29, 0.717) is 29.7 Å². The highest BCUT2D eigenvalue weighted by Crippen LogP contribution is 2.29. The number of carbonyl (C=O) groups is 2. The Morgan fingerprint density at radius 3 is 2.32 bits per heavy atom. The summed E-state index contributed by atoms with van der Waals surface area (Å²) in [6, 6.07) is 22.2. The van der Waals surface area contributed by atoms with E-state index in [0.717, 1.165) is 22.0 Å². The van der Waals surface area contributed by atoms with Gasteiger partial charge in [0, 0.05) is 24.5 Å². The number of ether oxygens (including phenoxy) is 1. The van der Waals surface area contributed by atoms with Crippen molar-refractivity contribution in [1.29, 1.82) is 0 Å². The number of hydrogen-bond acceptors (Lipinski definition) is 3. The van der Waals surface area contributed by atoms with Crippen LogP contribution in [0.3, 0.4) is 0 Å². The number of carbonyl (C=O) groups excluding carboxylic acids is 2. The van der Waals surface area contributed by atoms with Gasteiger partial charge in [-0.3, -0.25) is 9.59 Å². The molecule has 196 valence electrons. The van der Waals surface area contributed by atoms with Crippen LogP contribution in [0, 0.1) is 0 Å². The summed E-state index contributed by atoms with van der Waals surface area (Å²) in [6.45, 7) is 6.84. The largest absolute Gasteiger partial charge is 0.483 e. The minimum absolute atomic E-state index is 0.185. The maximum atomic E-state index is 13.7. The fourth-order valence-electron chi connectivity index (χ4n) is 3.92. The number of benzene rings is 3. The second kappa shape index (κ2) is 14.2. The zero-order chi connectivity index (χ0) is 26.8. The predicted octanol–water partition coefficient (Wildman–Crippen LogP) is 6.77. The molecule has 0 aliphatic heterocycles. The highest BCUT2D eigenvalue weighted by Gasteiger charge is 2.30. The minimum Gasteiger partial charge on any atom is -0.483 e. The molecule has 0 heterocycles. The van der Waals surface area contributed by atoms with Crippen LogP contribution < -0.4 is 10.1 Å². The highest BCUT2D eigenvalue weighted by molar-refractivity contribution is 9.10. The molecule has 0 saturated carbocycles. The van der Waals surface area contributed by atoms with Gasteiger partial charge in [0.05, 0.1) is 4.47 Å². The second-order valence-electron chi connectivity index (χ2n) is 9.28. The fourth-order valence-corrected chi connectivity index (χ4v) is 4.56. The average molecular weight is 586 g/mol. The second-order valence-corrected chi connectivity index (χ2v) is 10.6. The Bertz CT molecular complexity index is 1170. The van der Waals surface area contributed by atoms with Crippen LogP contribution in [-0.4, -0.2) is 35.9 Å². The maximum absolute atomic E-state index is 13.7. The van der Waals surface area contributed by atoms with Crippen molar-refractivity contribution in [2.45, 2.75) is 52.1 Å². The quantitative estimate of drug-likeness (QED) is 0.255. The van der Waals surface area contributed by atoms with Gasteiger partial charge in [-0.05, 0) is 69.2 Å². The van der Waals surface area contributed by atoms with Crippen molar-refractivity contribution in [3.8, 4) is 5.75 Å². The molecule has 1 atom stereocenters. The molecular formula is C30H34BrClN2O3. The van der Waals surface area contributed by atoms with Gasteiger partial charge in [-0.2, -0.15) is 0 Å². The zero-order valence-electron chi connectivity index (χ0n) is 21.5. The third-order valence-corrected chi connectivity index (χ3v) is 6.93. The van der Waals surface area contributed by atoms with Gasteiger partial charge in [0.15, 0.2) is 6.61 Å². The lowest BCUT2D eigenvalue weighted by Gasteiger charge is -2.31. The van der Waals surface area contributed by atoms with Crippen molar-refractivity contribution in [1.82, 2.24) is 10.2 Å². The Labute approximate surface area is 233 Å². The zero-order valence-corrected chi connectivity index (χ0v) is 23.9. The van der Waals surface area contributed by atoms with Crippen LogP contribution in [0.2, 0.25) is 5.02 Å². The van der Waals surface area contributed by atoms with Gasteiger partial charge in [0.1, 0.15) is 11.8 Å². The van der Waals surface area contributed by atoms with E-state index in [9.17, 15) is 9.59 Å². The van der Waals surface area contributed by atoms with Gasteiger partial charge in [-0.15, -0.1) is 0 Å². The number of rotatable bonds is 12. The molecule has 0 aromatic heterocycles. The average Bonchev–Trinajstić information content (AvgIpc) is 2.90. The lowest BCUT2D eigenvalue weighted by molar-refractivity contribution is -0.142. The Morgan fingerprint density at radius 2 is 1.70 bits per heavy atom. The van der Waals surface area contributed by atoms with Crippen LogP contribution in [-0.2, 0) is 22.6 Å². The van der Waals surface area contributed by atoms with Gasteiger partial charge in [0.25, 0.3) is 5.91 Å². The van der Waals surface area contributed by atoms with Crippen molar-refractivity contribution >= 4 is 39.3 Å². The molecule has 0 unspecified atom stereocenters. The van der Waals surface area contributed by atoms with E-state index in [1.54, 1.807) is 17.0 Å². The first-order valence-corrected chi connectivity index (χ1v) is 13.7. The summed E-state index contributed by atoms with van der Waals surface area (Å²) in [5, 5.41) is 3.59. The molecule has 3 rings (SSSR count). The summed E-state index contributed by atoms with van der Waals surface area (Å²) in [6.07, 6.45) is 1.20. The van der Waals surface area contributed by atoms with Gasteiger partial charge < -0.3 is 15.0 Å². The molecule has 3 aromatic rings. The topological polar surface area (TPSA) is 58.6 Å². The Kier molecular flexibility index (Phi) is 11.0. The summed E-state index contributed by atoms with van der Waals surface area (Å²) in [5.41, 5.74) is 3.02. The molecule has 5 nitrogen and oxygen atoms in total. The smallest absolute Gasteiger partial charge is 0.261 e. The Balaban J connectivity index is 1.88. The fraction of sp³-hybridized carbons (Fsp3) is 0.333. The summed E-state index contributed by atoms with van der Waals surface area (Å²) in [7, 11) is 0. The molecular weight excluding hydrogens is 552 g/mol. The van der Waals surface area contributed by atoms with Crippen molar-refractivity contribution in [2.75, 3.05) is 13.2 Å². The van der Waals surface area contributed by atoms with Crippen molar-refractivity contribution in [3.63, 3.8) is 0 Å². The highest BCUT2D eigenvalue weighted by atomic mass is 79.9. The van der Waals surface area contributed by atoms with E-state index in [1.807, 2.05) is 67.6 Å². The molecule has 0 bridgehead atoms. The van der Waals surface area contributed by atoms with Crippen molar-refractivity contribution in [2.24, 2.45) is 0 Å². The molecule has 0 aliphatic carbocycles. The normalized spacial score (nSPS) is 11.7. The SMILES string of the molecule is CCCNC(=O)[C@@H](Cc1ccccc1)N(Cc1ccc(Cl)cc1)C(=O)COc1ccc(C(C)C)cc1Br. The van der Waals surface area contributed by atoms with Gasteiger partial charge in [-0.25, -0.2) is 0 Å². The molecule has 0 fully saturated rings. The van der Waals surface area contributed by atoms with Crippen LogP contribution in [0.15, 0.2) is 77.3 Å². The molecule has 0 spiro atoms. The van der Waals surface area contributed by atoms with Crippen LogP contribution in [0.1, 0.15) is 49.8 Å². The molecule has 7 heteroatoms. The van der Waals surface area contributed by atoms with E-state index < -0.39 is 6.04 Å². The summed E-state index contributed by atoms with van der Waals surface area (Å²) >= 11 is 9.64. The summed E-state index contributed by atoms with van der Waals surface area (Å²) < 4.78 is 6.73. The lowest BCUT2D eigenvalue weighted by atomic mass is 10.0. The van der Waals surface area contributed by atoms with E-state index in [4.69, 9.17) is 16.3 Å². The van der Waals surface area contributed by atoms with E-state index in [2.05, 4.69) is 35.1 Å². The van der Waals surface area contributed by atoms with Crippen LogP contribution in [0.5, 0.6) is 5.75 Å². The first-order chi connectivity index (χ1) is 17.8. The van der Waals surface area contributed by atoms with Gasteiger partial charge in [-0.1, -0.05) is 80.9 Å². The number of halogens is 2. The standard InChI is InChI=1S/C30H34BrClN2O3/c1-4-16-33-30(36)27(17-22-8-6-5-7-9-22)34(19-23-10-13-25(32)14-11-23)29(35)20-37-28-15-12-24(21(2)3)18-26(28)31/h5-15,18,21,27H,4,16-17,19-20H2,1-3H3,(H,33,36)/t27-/m1/s1. The maximum Gasteiger partial charge on any atom is 0.261 e. The van der Waals surface area contributed by atoms with Crippen molar-refractivity contribution < 1.29 is 14.3 Å². The van der Waals surface area contributed by atoms with E-state index in [-0.39, 0.29) is 25.0 Å². The minimum atomic E-state index is -0.701. The third-order valence-electron chi connectivity index (χ3n) is 6.06. The van der Waals surface area contributed by atoms with Crippen LogP contribution >= 0.6 is 27.5 Å². The van der Waals surface area contributed by atoms with Gasteiger partial charge in [0.2, 0.25) is 5.91 Å². The monoisotopic (exact) mass is 584 g/mol. The number of nitrogens with zero attached hydrogens (tertiary/aromatic N) is 1. The molecule has 3 aromatic carbocycles. The van der Waals surface area contributed by atoms with Gasteiger partial charge >= 0.3 is 0 Å². The number of nitrogens with one attached hydrogen (secondary N) is 1. The third kappa shape index (κ3) is 8.61. The van der Waals surface area contributed by atoms with Crippen molar-refractivity contribution in [3.05, 3.63) is 99.0 Å². The lowest BCUT2D eigenvalue weighted by Crippen LogP contribution is -2.51. The molecule has 0 saturated heterocycles. The molecule has 2 amide bonds. The Morgan fingerprint density at radius 1 is 1.00 bits per heavy atom. The van der Waals surface area contributed by atoms with E-state index >= 15 is 0 Å². The number of hydrogen-bond donors (Lipinski definition) is 1. The number of amides is 2. The summed E-state index contributed by atoms with van der Waals surface area (Å²) in [4.78, 5) is 28.6. The first kappa shape index (κ1) is 28.7. The summed E-state index contributed by atoms with van der Waals surface area (Å²) in [5.74, 6) is 0.499. The molecule has 0 radical (unpaired) electrons. The Hall–Kier alpha value is -2.83. The van der Waals surface area contributed by atoms with Crippen LogP contribution in [0.25, 0.3) is 0 Å². The molecule has 0 aliphatic rings. The predicted molar refractivity (Wildman–Crippen MR) is 153 cm³/mol. The molecule has 37 heavy (non-hydrogen) atoms. The molecule has 1 N–H and O–H groups in total. The van der Waals surface area contributed by atoms with Crippen LogP contribution in [0.4, 0.5) is 0 Å².